The van der Waals surface area contributed by atoms with Crippen LogP contribution in [0.15, 0.2) is 95.5 Å². The van der Waals surface area contributed by atoms with E-state index >= 15 is 0 Å². The van der Waals surface area contributed by atoms with Crippen LogP contribution < -0.4 is 0 Å². The molecule has 0 unspecified atom stereocenters. The third-order valence-electron chi connectivity index (χ3n) is 5.71. The van der Waals surface area contributed by atoms with Gasteiger partial charge in [-0.25, -0.2) is 0 Å². The van der Waals surface area contributed by atoms with Gasteiger partial charge in [0.25, 0.3) is 0 Å². The molecule has 0 heterocycles. The molecule has 4 nitrogen and oxygen atoms in total. The van der Waals surface area contributed by atoms with Gasteiger partial charge in [0.2, 0.25) is 0 Å². The fraction of sp³-hybridized carbons (Fsp3) is 0.154. The van der Waals surface area contributed by atoms with E-state index in [2.05, 4.69) is 15.9 Å². The number of methoxy groups -OCH3 is 1. The Hall–Kier alpha value is -3.02. The van der Waals surface area contributed by atoms with Crippen molar-refractivity contribution in [1.29, 1.82) is 0 Å². The quantitative estimate of drug-likeness (QED) is 0.414. The number of ketones is 1. The molecule has 0 spiro atoms. The van der Waals surface area contributed by atoms with Gasteiger partial charge in [-0.15, -0.1) is 0 Å². The van der Waals surface area contributed by atoms with E-state index in [-0.39, 0.29) is 0 Å². The molecule has 4 rings (SSSR count). The monoisotopic (exact) mass is 476 g/mol. The van der Waals surface area contributed by atoms with Crippen LogP contribution in [0.25, 0.3) is 5.57 Å². The lowest BCUT2D eigenvalue weighted by Crippen LogP contribution is -2.47. The number of rotatable bonds is 5. The molecule has 3 aromatic carbocycles. The minimum atomic E-state index is -2.04. The third-order valence-corrected chi connectivity index (χ3v) is 6.24. The number of carbonyl (C=O) groups excluding carboxylic acids is 2. The molecule has 0 aromatic heterocycles. The molecule has 0 amide bonds. The van der Waals surface area contributed by atoms with Crippen molar-refractivity contribution in [2.24, 2.45) is 5.92 Å². The highest BCUT2D eigenvalue weighted by molar-refractivity contribution is 9.10. The second-order valence-corrected chi connectivity index (χ2v) is 8.43. The van der Waals surface area contributed by atoms with Crippen LogP contribution >= 0.6 is 15.9 Å². The number of ether oxygens (including phenoxy) is 1. The topological polar surface area (TPSA) is 63.6 Å². The molecule has 1 aliphatic carbocycles. The molecule has 3 aromatic rings. The van der Waals surface area contributed by atoms with Crippen LogP contribution in [0, 0.1) is 5.92 Å². The van der Waals surface area contributed by atoms with Gasteiger partial charge >= 0.3 is 5.97 Å². The molecule has 1 N–H and O–H groups in total. The van der Waals surface area contributed by atoms with Crippen molar-refractivity contribution in [1.82, 2.24) is 0 Å². The second kappa shape index (κ2) is 8.61. The number of benzene rings is 3. The number of carbonyl (C=O) groups is 2. The molecule has 5 heteroatoms. The number of esters is 1. The van der Waals surface area contributed by atoms with Crippen molar-refractivity contribution in [3.63, 3.8) is 0 Å². The summed E-state index contributed by atoms with van der Waals surface area (Å²) in [5.41, 5.74) is 0.642. The predicted octanol–water partition coefficient (Wildman–Crippen LogP) is 5.03. The lowest BCUT2D eigenvalue weighted by molar-refractivity contribution is -0.150. The van der Waals surface area contributed by atoms with Crippen molar-refractivity contribution >= 4 is 33.3 Å². The summed E-state index contributed by atoms with van der Waals surface area (Å²) in [6, 6.07) is 25.5. The van der Waals surface area contributed by atoms with Gasteiger partial charge in [0.15, 0.2) is 11.4 Å². The Morgan fingerprint density at radius 1 is 0.903 bits per heavy atom. The minimum Gasteiger partial charge on any atom is -0.469 e. The minimum absolute atomic E-state index is 0.332. The average molecular weight is 477 g/mol. The Kier molecular flexibility index (Phi) is 5.90. The van der Waals surface area contributed by atoms with Crippen LogP contribution in [-0.2, 0) is 9.53 Å². The second-order valence-electron chi connectivity index (χ2n) is 7.52. The summed E-state index contributed by atoms with van der Waals surface area (Å²) in [6.07, 6.45) is 1.53. The first-order valence-corrected chi connectivity index (χ1v) is 10.7. The Labute approximate surface area is 189 Å². The number of halogens is 1. The standard InChI is InChI=1S/C26H21BrO4/c1-31-25(29)23-22(18-8-4-2-5-9-18)21(17-12-14-20(27)15-13-17)16-26(23,30)24(28)19-10-6-3-7-11-19/h2-16,22-23,30H,1H3/t22-,23-,26-/m1/s1. The Bertz CT molecular complexity index is 1120. The summed E-state index contributed by atoms with van der Waals surface area (Å²) in [4.78, 5) is 26.5. The number of hydrogen-bond acceptors (Lipinski definition) is 4. The largest absolute Gasteiger partial charge is 0.469 e. The molecular weight excluding hydrogens is 456 g/mol. The Morgan fingerprint density at radius 2 is 1.48 bits per heavy atom. The van der Waals surface area contributed by atoms with E-state index in [4.69, 9.17) is 4.74 Å². The van der Waals surface area contributed by atoms with Gasteiger partial charge in [0.1, 0.15) is 5.92 Å². The number of allylic oxidation sites excluding steroid dienone is 1. The number of aliphatic hydroxyl groups is 1. The van der Waals surface area contributed by atoms with Gasteiger partial charge in [-0.1, -0.05) is 88.7 Å². The van der Waals surface area contributed by atoms with Gasteiger partial charge in [0.05, 0.1) is 7.11 Å². The summed E-state index contributed by atoms with van der Waals surface area (Å²) in [5.74, 6) is -2.83. The summed E-state index contributed by atoms with van der Waals surface area (Å²) < 4.78 is 5.99. The first-order valence-electron chi connectivity index (χ1n) is 9.89. The van der Waals surface area contributed by atoms with Crippen LogP contribution in [-0.4, -0.2) is 29.6 Å². The van der Waals surface area contributed by atoms with Crippen LogP contribution in [0.4, 0.5) is 0 Å². The van der Waals surface area contributed by atoms with Gasteiger partial charge in [0, 0.05) is 16.0 Å². The van der Waals surface area contributed by atoms with E-state index in [1.807, 2.05) is 54.6 Å². The molecule has 0 radical (unpaired) electrons. The smallest absolute Gasteiger partial charge is 0.313 e. The lowest BCUT2D eigenvalue weighted by atomic mass is 9.75. The van der Waals surface area contributed by atoms with Gasteiger partial charge in [-0.3, -0.25) is 9.59 Å². The van der Waals surface area contributed by atoms with E-state index in [9.17, 15) is 14.7 Å². The summed E-state index contributed by atoms with van der Waals surface area (Å²) in [5, 5.41) is 11.8. The zero-order valence-corrected chi connectivity index (χ0v) is 18.5. The van der Waals surface area contributed by atoms with Crippen molar-refractivity contribution < 1.29 is 19.4 Å². The van der Waals surface area contributed by atoms with Crippen molar-refractivity contribution in [3.8, 4) is 0 Å². The van der Waals surface area contributed by atoms with Crippen LogP contribution in [0.1, 0.15) is 27.4 Å². The number of hydrogen-bond donors (Lipinski definition) is 1. The normalized spacial score (nSPS) is 22.6. The van der Waals surface area contributed by atoms with E-state index < -0.39 is 29.2 Å². The van der Waals surface area contributed by atoms with Crippen LogP contribution in [0.3, 0.4) is 0 Å². The molecule has 0 saturated carbocycles. The highest BCUT2D eigenvalue weighted by Crippen LogP contribution is 2.51. The van der Waals surface area contributed by atoms with Gasteiger partial charge in [-0.05, 0) is 34.9 Å². The highest BCUT2D eigenvalue weighted by Gasteiger charge is 2.56. The van der Waals surface area contributed by atoms with E-state index in [0.717, 1.165) is 15.6 Å². The average Bonchev–Trinajstić information content (AvgIpc) is 3.14. The van der Waals surface area contributed by atoms with Crippen molar-refractivity contribution in [2.45, 2.75) is 11.5 Å². The molecule has 0 bridgehead atoms. The molecular formula is C26H21BrO4. The Morgan fingerprint density at radius 3 is 2.06 bits per heavy atom. The van der Waals surface area contributed by atoms with Crippen LogP contribution in [0.5, 0.6) is 0 Å². The molecule has 156 valence electrons. The molecule has 0 aliphatic heterocycles. The fourth-order valence-electron chi connectivity index (χ4n) is 4.26. The molecule has 31 heavy (non-hydrogen) atoms. The third kappa shape index (κ3) is 3.87. The maximum absolute atomic E-state index is 13.5. The number of Topliss-reactive ketones (excluding diaryl/α,β-unsaturated/α-hetero) is 1. The predicted molar refractivity (Wildman–Crippen MR) is 123 cm³/mol. The lowest BCUT2D eigenvalue weighted by Gasteiger charge is -2.30. The van der Waals surface area contributed by atoms with Gasteiger partial charge in [-0.2, -0.15) is 0 Å². The fourth-order valence-corrected chi connectivity index (χ4v) is 4.52. The summed E-state index contributed by atoms with van der Waals surface area (Å²) >= 11 is 3.44. The first kappa shape index (κ1) is 21.2. The zero-order chi connectivity index (χ0) is 22.0. The SMILES string of the molecule is COC(=O)[C@H]1[C@H](c2ccccc2)C(c2ccc(Br)cc2)=C[C@]1(O)C(=O)c1ccccc1. The maximum Gasteiger partial charge on any atom is 0.313 e. The van der Waals surface area contributed by atoms with Gasteiger partial charge < -0.3 is 9.84 Å². The highest BCUT2D eigenvalue weighted by atomic mass is 79.9. The molecule has 0 saturated heterocycles. The first-order chi connectivity index (χ1) is 15.0. The van der Waals surface area contributed by atoms with Crippen LogP contribution in [0.2, 0.25) is 0 Å². The van der Waals surface area contributed by atoms with Crippen molar-refractivity contribution in [3.05, 3.63) is 112 Å². The maximum atomic E-state index is 13.5. The summed E-state index contributed by atoms with van der Waals surface area (Å²) in [6.45, 7) is 0. The van der Waals surface area contributed by atoms with E-state index in [0.29, 0.717) is 11.1 Å². The zero-order valence-electron chi connectivity index (χ0n) is 16.9. The molecule has 3 atom stereocenters. The molecule has 1 aliphatic rings. The van der Waals surface area contributed by atoms with E-state index in [1.165, 1.54) is 13.2 Å². The van der Waals surface area contributed by atoms with Crippen molar-refractivity contribution in [2.75, 3.05) is 7.11 Å². The summed E-state index contributed by atoms with van der Waals surface area (Å²) in [7, 11) is 1.27. The van der Waals surface area contributed by atoms with E-state index in [1.54, 1.807) is 30.3 Å². The molecule has 0 fully saturated rings. The Balaban J connectivity index is 1.93.